The van der Waals surface area contributed by atoms with Crippen molar-refractivity contribution >= 4 is 17.5 Å². The molecule has 4 nitrogen and oxygen atoms in total. The summed E-state index contributed by atoms with van der Waals surface area (Å²) in [6.07, 6.45) is 3.63. The highest BCUT2D eigenvalue weighted by atomic mass is 15.1. The van der Waals surface area contributed by atoms with Gasteiger partial charge in [-0.3, -0.25) is 0 Å². The lowest BCUT2D eigenvalue weighted by Crippen LogP contribution is -2.06. The molecule has 0 amide bonds. The third kappa shape index (κ3) is 5.55. The number of hydrogen-bond donors (Lipinski definition) is 2. The minimum absolute atomic E-state index is 0.540. The van der Waals surface area contributed by atoms with Gasteiger partial charge in [-0.05, 0) is 37.0 Å². The van der Waals surface area contributed by atoms with E-state index in [0.29, 0.717) is 11.9 Å². The predicted octanol–water partition coefficient (Wildman–Crippen LogP) is 5.25. The third-order valence-electron chi connectivity index (χ3n) is 3.77. The Bertz CT molecular complexity index is 605. The lowest BCUT2D eigenvalue weighted by atomic mass is 10.0. The summed E-state index contributed by atoms with van der Waals surface area (Å²) in [5.41, 5.74) is 3.30. The molecular formula is C19H28N4. The molecule has 1 aromatic carbocycles. The Morgan fingerprint density at radius 1 is 1.04 bits per heavy atom. The Morgan fingerprint density at radius 2 is 1.78 bits per heavy atom. The Labute approximate surface area is 139 Å². The Kier molecular flexibility index (Phi) is 6.39. The molecule has 23 heavy (non-hydrogen) atoms. The van der Waals surface area contributed by atoms with Crippen molar-refractivity contribution in [3.63, 3.8) is 0 Å². The molecule has 0 saturated heterocycles. The molecule has 0 aliphatic carbocycles. The molecule has 2 aromatic rings. The fraction of sp³-hybridized carbons (Fsp3) is 0.474. The van der Waals surface area contributed by atoms with Gasteiger partial charge in [0.25, 0.3) is 0 Å². The van der Waals surface area contributed by atoms with E-state index in [4.69, 9.17) is 0 Å². The van der Waals surface area contributed by atoms with Gasteiger partial charge in [0.05, 0.1) is 0 Å². The molecule has 124 valence electrons. The highest BCUT2D eigenvalue weighted by molar-refractivity contribution is 5.55. The van der Waals surface area contributed by atoms with E-state index in [2.05, 4.69) is 65.6 Å². The van der Waals surface area contributed by atoms with Crippen molar-refractivity contribution < 1.29 is 0 Å². The zero-order chi connectivity index (χ0) is 16.7. The molecule has 1 heterocycles. The lowest BCUT2D eigenvalue weighted by molar-refractivity contribution is 0.742. The number of aryl methyl sites for hydroxylation is 1. The summed E-state index contributed by atoms with van der Waals surface area (Å²) in [7, 11) is 0. The van der Waals surface area contributed by atoms with E-state index < -0.39 is 0 Å². The van der Waals surface area contributed by atoms with E-state index in [1.165, 1.54) is 24.8 Å². The highest BCUT2D eigenvalue weighted by Gasteiger charge is 2.04. The summed E-state index contributed by atoms with van der Waals surface area (Å²) in [4.78, 5) is 9.02. The van der Waals surface area contributed by atoms with Crippen molar-refractivity contribution in [2.75, 3.05) is 17.2 Å². The molecule has 1 aromatic heterocycles. The van der Waals surface area contributed by atoms with Gasteiger partial charge >= 0.3 is 0 Å². The van der Waals surface area contributed by atoms with Gasteiger partial charge < -0.3 is 10.6 Å². The zero-order valence-corrected chi connectivity index (χ0v) is 14.7. The molecule has 2 rings (SSSR count). The number of unbranched alkanes of at least 4 members (excludes halogenated alkanes) is 2. The number of hydrogen-bond acceptors (Lipinski definition) is 4. The second kappa shape index (κ2) is 8.51. The van der Waals surface area contributed by atoms with E-state index in [0.717, 1.165) is 23.7 Å². The number of anilines is 3. The first-order valence-corrected chi connectivity index (χ1v) is 8.55. The fourth-order valence-electron chi connectivity index (χ4n) is 2.39. The monoisotopic (exact) mass is 312 g/mol. The van der Waals surface area contributed by atoms with Gasteiger partial charge in [-0.2, -0.15) is 4.98 Å². The predicted molar refractivity (Wildman–Crippen MR) is 98.6 cm³/mol. The summed E-state index contributed by atoms with van der Waals surface area (Å²) in [6.45, 7) is 9.55. The molecule has 2 N–H and O–H groups in total. The molecule has 0 unspecified atom stereocenters. The van der Waals surface area contributed by atoms with Gasteiger partial charge in [0, 0.05) is 24.0 Å². The molecule has 0 radical (unpaired) electrons. The second-order valence-electron chi connectivity index (χ2n) is 6.25. The molecule has 0 atom stereocenters. The largest absolute Gasteiger partial charge is 0.370 e. The van der Waals surface area contributed by atoms with Crippen molar-refractivity contribution in [1.29, 1.82) is 0 Å². The number of rotatable bonds is 8. The van der Waals surface area contributed by atoms with E-state index >= 15 is 0 Å². The van der Waals surface area contributed by atoms with Gasteiger partial charge in [-0.1, -0.05) is 45.7 Å². The molecule has 0 saturated carbocycles. The van der Waals surface area contributed by atoms with Gasteiger partial charge in [0.1, 0.15) is 5.82 Å². The molecule has 0 aliphatic rings. The second-order valence-corrected chi connectivity index (χ2v) is 6.25. The molecule has 0 fully saturated rings. The fourth-order valence-corrected chi connectivity index (χ4v) is 2.39. The Morgan fingerprint density at radius 3 is 2.43 bits per heavy atom. The summed E-state index contributed by atoms with van der Waals surface area (Å²) < 4.78 is 0. The summed E-state index contributed by atoms with van der Waals surface area (Å²) in [6, 6.07) is 10.4. The van der Waals surface area contributed by atoms with Crippen molar-refractivity contribution in [1.82, 2.24) is 9.97 Å². The number of nitrogens with one attached hydrogen (secondary N) is 2. The third-order valence-corrected chi connectivity index (χ3v) is 3.77. The molecular weight excluding hydrogens is 284 g/mol. The van der Waals surface area contributed by atoms with E-state index in [-0.39, 0.29) is 0 Å². The maximum Gasteiger partial charge on any atom is 0.229 e. The maximum atomic E-state index is 4.55. The minimum Gasteiger partial charge on any atom is -0.370 e. The lowest BCUT2D eigenvalue weighted by Gasteiger charge is -2.11. The van der Waals surface area contributed by atoms with Crippen LogP contribution in [-0.4, -0.2) is 16.5 Å². The Balaban J connectivity index is 2.02. The van der Waals surface area contributed by atoms with Gasteiger partial charge in [0.2, 0.25) is 5.95 Å². The van der Waals surface area contributed by atoms with Crippen LogP contribution in [0.5, 0.6) is 0 Å². The van der Waals surface area contributed by atoms with Crippen LogP contribution in [0.15, 0.2) is 30.3 Å². The number of nitrogens with zero attached hydrogens (tertiary/aromatic N) is 2. The summed E-state index contributed by atoms with van der Waals surface area (Å²) in [5.74, 6) is 2.06. The van der Waals surface area contributed by atoms with E-state index in [1.54, 1.807) is 0 Å². The maximum absolute atomic E-state index is 4.55. The topological polar surface area (TPSA) is 49.8 Å². The SMILES string of the molecule is CCCCCNc1cc(C)nc(Nc2ccc(C(C)C)cc2)n1. The van der Waals surface area contributed by atoms with Crippen molar-refractivity contribution in [2.45, 2.75) is 52.9 Å². The zero-order valence-electron chi connectivity index (χ0n) is 14.7. The van der Waals surface area contributed by atoms with Crippen LogP contribution in [0.1, 0.15) is 57.2 Å². The van der Waals surface area contributed by atoms with Crippen molar-refractivity contribution in [3.8, 4) is 0 Å². The van der Waals surface area contributed by atoms with E-state index in [1.807, 2.05) is 13.0 Å². The number of aromatic nitrogens is 2. The molecule has 0 bridgehead atoms. The highest BCUT2D eigenvalue weighted by Crippen LogP contribution is 2.20. The van der Waals surface area contributed by atoms with Crippen LogP contribution < -0.4 is 10.6 Å². The summed E-state index contributed by atoms with van der Waals surface area (Å²) >= 11 is 0. The standard InChI is InChI=1S/C19H28N4/c1-5-6-7-12-20-18-13-15(4)21-19(23-18)22-17-10-8-16(9-11-17)14(2)3/h8-11,13-14H,5-7,12H2,1-4H3,(H2,20,21,22,23). The normalized spacial score (nSPS) is 10.8. The minimum atomic E-state index is 0.540. The van der Waals surface area contributed by atoms with Crippen LogP contribution in [0.3, 0.4) is 0 Å². The quantitative estimate of drug-likeness (QED) is 0.653. The molecule has 0 spiro atoms. The van der Waals surface area contributed by atoms with E-state index in [9.17, 15) is 0 Å². The van der Waals surface area contributed by atoms with Crippen LogP contribution in [-0.2, 0) is 0 Å². The van der Waals surface area contributed by atoms with Crippen LogP contribution in [0.2, 0.25) is 0 Å². The summed E-state index contributed by atoms with van der Waals surface area (Å²) in [5, 5.41) is 6.67. The van der Waals surface area contributed by atoms with Gasteiger partial charge in [-0.25, -0.2) is 4.98 Å². The van der Waals surface area contributed by atoms with Crippen LogP contribution in [0, 0.1) is 6.92 Å². The van der Waals surface area contributed by atoms with Gasteiger partial charge in [0.15, 0.2) is 0 Å². The van der Waals surface area contributed by atoms with Crippen LogP contribution in [0.25, 0.3) is 0 Å². The first-order valence-electron chi connectivity index (χ1n) is 8.55. The average molecular weight is 312 g/mol. The Hall–Kier alpha value is -2.10. The van der Waals surface area contributed by atoms with Crippen LogP contribution >= 0.6 is 0 Å². The van der Waals surface area contributed by atoms with Gasteiger partial charge in [-0.15, -0.1) is 0 Å². The average Bonchev–Trinajstić information content (AvgIpc) is 2.51. The first kappa shape index (κ1) is 17.3. The van der Waals surface area contributed by atoms with Crippen LogP contribution in [0.4, 0.5) is 17.5 Å². The van der Waals surface area contributed by atoms with Crippen molar-refractivity contribution in [2.24, 2.45) is 0 Å². The smallest absolute Gasteiger partial charge is 0.229 e. The first-order chi connectivity index (χ1) is 11.1. The molecule has 0 aliphatic heterocycles. The van der Waals surface area contributed by atoms with Crippen molar-refractivity contribution in [3.05, 3.63) is 41.6 Å². The number of benzene rings is 1. The molecule has 4 heteroatoms.